The molecule has 0 saturated carbocycles. The van der Waals surface area contributed by atoms with Crippen LogP contribution in [0.1, 0.15) is 31.7 Å². The molecular formula is C15H17ClN2O4S. The van der Waals surface area contributed by atoms with E-state index in [2.05, 4.69) is 0 Å². The van der Waals surface area contributed by atoms with Crippen molar-refractivity contribution in [3.8, 4) is 6.07 Å². The normalized spacial score (nSPS) is 19.1. The molecule has 0 radical (unpaired) electrons. The van der Waals surface area contributed by atoms with Gasteiger partial charge in [0, 0.05) is 6.54 Å². The van der Waals surface area contributed by atoms with Crippen molar-refractivity contribution in [1.29, 1.82) is 5.26 Å². The second-order valence-corrected chi connectivity index (χ2v) is 7.43. The fourth-order valence-electron chi connectivity index (χ4n) is 2.55. The van der Waals surface area contributed by atoms with Crippen LogP contribution in [-0.2, 0) is 19.6 Å². The van der Waals surface area contributed by atoms with Crippen molar-refractivity contribution in [3.05, 3.63) is 28.8 Å². The van der Waals surface area contributed by atoms with Crippen LogP contribution in [0, 0.1) is 11.3 Å². The van der Waals surface area contributed by atoms with Crippen molar-refractivity contribution >= 4 is 27.6 Å². The number of hydrogen-bond acceptors (Lipinski definition) is 5. The summed E-state index contributed by atoms with van der Waals surface area (Å²) in [5, 5.41) is 8.95. The highest BCUT2D eigenvalue weighted by Crippen LogP contribution is 2.28. The van der Waals surface area contributed by atoms with Gasteiger partial charge >= 0.3 is 5.97 Å². The molecule has 1 heterocycles. The number of nitrogens with zero attached hydrogens (tertiary/aromatic N) is 2. The van der Waals surface area contributed by atoms with E-state index in [1.165, 1.54) is 22.5 Å². The quantitative estimate of drug-likeness (QED) is 0.772. The van der Waals surface area contributed by atoms with Crippen LogP contribution in [0.4, 0.5) is 0 Å². The summed E-state index contributed by atoms with van der Waals surface area (Å²) in [5.41, 5.74) is 0.200. The Morgan fingerprint density at radius 1 is 1.48 bits per heavy atom. The number of rotatable bonds is 4. The summed E-state index contributed by atoms with van der Waals surface area (Å²) in [7, 11) is -3.88. The molecule has 1 unspecified atom stereocenters. The van der Waals surface area contributed by atoms with E-state index in [-0.39, 0.29) is 28.6 Å². The largest absolute Gasteiger partial charge is 0.465 e. The number of nitriles is 1. The van der Waals surface area contributed by atoms with E-state index in [0.29, 0.717) is 12.8 Å². The van der Waals surface area contributed by atoms with Gasteiger partial charge in [0.25, 0.3) is 0 Å². The van der Waals surface area contributed by atoms with Crippen LogP contribution < -0.4 is 0 Å². The number of piperidine rings is 1. The Bertz CT molecular complexity index is 742. The van der Waals surface area contributed by atoms with E-state index in [9.17, 15) is 13.2 Å². The standard InChI is InChI=1S/C15H17ClN2O4S/c1-2-22-15(19)14-5-3-4-8-18(14)23(20,21)12-7-6-11(10-17)13(16)9-12/h6-7,9,14H,2-5,8H2,1H3. The smallest absolute Gasteiger partial charge is 0.324 e. The van der Waals surface area contributed by atoms with E-state index < -0.39 is 22.0 Å². The Kier molecular flexibility index (Phi) is 5.63. The molecule has 0 spiro atoms. The molecule has 6 nitrogen and oxygen atoms in total. The first-order chi connectivity index (χ1) is 10.9. The Labute approximate surface area is 140 Å². The first-order valence-electron chi connectivity index (χ1n) is 7.30. The van der Waals surface area contributed by atoms with E-state index >= 15 is 0 Å². The zero-order valence-electron chi connectivity index (χ0n) is 12.7. The van der Waals surface area contributed by atoms with Crippen molar-refractivity contribution in [2.24, 2.45) is 0 Å². The van der Waals surface area contributed by atoms with E-state index in [1.54, 1.807) is 6.92 Å². The fraction of sp³-hybridized carbons (Fsp3) is 0.467. The van der Waals surface area contributed by atoms with Crippen molar-refractivity contribution < 1.29 is 17.9 Å². The van der Waals surface area contributed by atoms with Crippen molar-refractivity contribution in [3.63, 3.8) is 0 Å². The van der Waals surface area contributed by atoms with Crippen LogP contribution in [-0.4, -0.2) is 37.9 Å². The number of hydrogen-bond donors (Lipinski definition) is 0. The van der Waals surface area contributed by atoms with Gasteiger partial charge in [0.15, 0.2) is 0 Å². The molecule has 1 aromatic rings. The molecule has 1 aliphatic rings. The summed E-state index contributed by atoms with van der Waals surface area (Å²) >= 11 is 5.93. The van der Waals surface area contributed by atoms with Crippen LogP contribution in [0.3, 0.4) is 0 Å². The highest BCUT2D eigenvalue weighted by Gasteiger charge is 2.38. The molecule has 0 amide bonds. The lowest BCUT2D eigenvalue weighted by molar-refractivity contribution is -0.148. The molecule has 1 atom stereocenters. The molecule has 124 valence electrons. The van der Waals surface area contributed by atoms with Gasteiger partial charge < -0.3 is 4.74 Å². The van der Waals surface area contributed by atoms with Crippen LogP contribution in [0.15, 0.2) is 23.1 Å². The topological polar surface area (TPSA) is 87.5 Å². The van der Waals surface area contributed by atoms with E-state index in [4.69, 9.17) is 21.6 Å². The lowest BCUT2D eigenvalue weighted by Gasteiger charge is -2.32. The summed E-state index contributed by atoms with van der Waals surface area (Å²) in [6, 6.07) is 5.00. The third-order valence-corrected chi connectivity index (χ3v) is 5.90. The minimum absolute atomic E-state index is 0.0299. The Morgan fingerprint density at radius 3 is 2.83 bits per heavy atom. The number of carbonyl (C=O) groups excluding carboxylic acids is 1. The average Bonchev–Trinajstić information content (AvgIpc) is 2.55. The van der Waals surface area contributed by atoms with Crippen molar-refractivity contribution in [2.45, 2.75) is 37.1 Å². The van der Waals surface area contributed by atoms with Gasteiger partial charge in [-0.25, -0.2) is 8.42 Å². The Morgan fingerprint density at radius 2 is 2.22 bits per heavy atom. The van der Waals surface area contributed by atoms with Gasteiger partial charge in [0.2, 0.25) is 10.0 Å². The zero-order valence-corrected chi connectivity index (χ0v) is 14.2. The maximum absolute atomic E-state index is 12.8. The molecule has 0 aromatic heterocycles. The molecule has 23 heavy (non-hydrogen) atoms. The van der Waals surface area contributed by atoms with Gasteiger partial charge in [-0.3, -0.25) is 4.79 Å². The first-order valence-corrected chi connectivity index (χ1v) is 9.11. The van der Waals surface area contributed by atoms with Gasteiger partial charge in [0.05, 0.1) is 22.1 Å². The maximum Gasteiger partial charge on any atom is 0.324 e. The highest BCUT2D eigenvalue weighted by atomic mass is 35.5. The average molecular weight is 357 g/mol. The summed E-state index contributed by atoms with van der Waals surface area (Å²) in [6.07, 6.45) is 1.88. The second-order valence-electron chi connectivity index (χ2n) is 5.13. The zero-order chi connectivity index (χ0) is 17.0. The van der Waals surface area contributed by atoms with Gasteiger partial charge in [-0.2, -0.15) is 9.57 Å². The summed E-state index contributed by atoms with van der Waals surface area (Å²) in [4.78, 5) is 12.0. The van der Waals surface area contributed by atoms with Crippen molar-refractivity contribution in [2.75, 3.05) is 13.2 Å². The predicted molar refractivity (Wildman–Crippen MR) is 84.3 cm³/mol. The lowest BCUT2D eigenvalue weighted by Crippen LogP contribution is -2.48. The lowest BCUT2D eigenvalue weighted by atomic mass is 10.1. The molecule has 2 rings (SSSR count). The first kappa shape index (κ1) is 17.7. The molecule has 1 aliphatic heterocycles. The number of ether oxygens (including phenoxy) is 1. The molecule has 0 aliphatic carbocycles. The monoisotopic (exact) mass is 356 g/mol. The molecule has 1 saturated heterocycles. The molecule has 8 heteroatoms. The van der Waals surface area contributed by atoms with Crippen LogP contribution in [0.5, 0.6) is 0 Å². The Balaban J connectivity index is 2.38. The summed E-state index contributed by atoms with van der Waals surface area (Å²) in [5.74, 6) is -0.532. The number of carbonyl (C=O) groups is 1. The van der Waals surface area contributed by atoms with Crippen molar-refractivity contribution in [1.82, 2.24) is 4.31 Å². The van der Waals surface area contributed by atoms with Gasteiger partial charge in [-0.15, -0.1) is 0 Å². The predicted octanol–water partition coefficient (Wildman–Crippen LogP) is 2.32. The van der Waals surface area contributed by atoms with Gasteiger partial charge in [0.1, 0.15) is 12.1 Å². The molecule has 1 fully saturated rings. The SMILES string of the molecule is CCOC(=O)C1CCCCN1S(=O)(=O)c1ccc(C#N)c(Cl)c1. The number of benzene rings is 1. The summed E-state index contributed by atoms with van der Waals surface area (Å²) in [6.45, 7) is 2.13. The Hall–Kier alpha value is -1.62. The van der Waals surface area contributed by atoms with Crippen LogP contribution in [0.25, 0.3) is 0 Å². The number of halogens is 1. The summed E-state index contributed by atoms with van der Waals surface area (Å²) < 4.78 is 31.8. The highest BCUT2D eigenvalue weighted by molar-refractivity contribution is 7.89. The van der Waals surface area contributed by atoms with Gasteiger partial charge in [-0.1, -0.05) is 11.6 Å². The van der Waals surface area contributed by atoms with Crippen LogP contribution >= 0.6 is 11.6 Å². The third-order valence-electron chi connectivity index (χ3n) is 3.68. The fourth-order valence-corrected chi connectivity index (χ4v) is 4.51. The van der Waals surface area contributed by atoms with E-state index in [1.807, 2.05) is 6.07 Å². The second kappa shape index (κ2) is 7.30. The number of sulfonamides is 1. The maximum atomic E-state index is 12.8. The van der Waals surface area contributed by atoms with E-state index in [0.717, 1.165) is 6.42 Å². The third kappa shape index (κ3) is 3.66. The van der Waals surface area contributed by atoms with Gasteiger partial charge in [-0.05, 0) is 44.4 Å². The minimum atomic E-state index is -3.88. The molecular weight excluding hydrogens is 340 g/mol. The minimum Gasteiger partial charge on any atom is -0.465 e. The molecule has 0 N–H and O–H groups in total. The molecule has 0 bridgehead atoms. The molecule has 1 aromatic carbocycles. The number of esters is 1. The van der Waals surface area contributed by atoms with Crippen LogP contribution in [0.2, 0.25) is 5.02 Å².